The van der Waals surface area contributed by atoms with Gasteiger partial charge in [-0.05, 0) is 48.2 Å². The Morgan fingerprint density at radius 1 is 0.857 bits per heavy atom. The third kappa shape index (κ3) is 6.08. The van der Waals surface area contributed by atoms with Gasteiger partial charge < -0.3 is 24.3 Å². The molecule has 0 aliphatic heterocycles. The van der Waals surface area contributed by atoms with E-state index >= 15 is 0 Å². The van der Waals surface area contributed by atoms with Crippen LogP contribution in [0.25, 0.3) is 0 Å². The van der Waals surface area contributed by atoms with E-state index in [4.69, 9.17) is 18.9 Å². The van der Waals surface area contributed by atoms with E-state index < -0.39 is 0 Å². The van der Waals surface area contributed by atoms with Crippen LogP contribution >= 0.6 is 0 Å². The summed E-state index contributed by atoms with van der Waals surface area (Å²) in [5.41, 5.74) is 1.95. The van der Waals surface area contributed by atoms with Gasteiger partial charge in [0.05, 0.1) is 34.4 Å². The zero-order chi connectivity index (χ0) is 20.4. The Hall–Kier alpha value is -2.89. The first kappa shape index (κ1) is 21.4. The van der Waals surface area contributed by atoms with Crippen molar-refractivity contribution >= 4 is 5.91 Å². The van der Waals surface area contributed by atoms with Gasteiger partial charge in [0.25, 0.3) is 0 Å². The number of rotatable bonds is 11. The molecule has 0 saturated carbocycles. The highest BCUT2D eigenvalue weighted by Gasteiger charge is 2.09. The van der Waals surface area contributed by atoms with Crippen molar-refractivity contribution in [3.8, 4) is 23.0 Å². The maximum absolute atomic E-state index is 12.3. The number of methoxy groups -OCH3 is 3. The third-order valence-corrected chi connectivity index (χ3v) is 4.24. The molecule has 2 rings (SSSR count). The number of carbonyl (C=O) groups is 1. The third-order valence-electron chi connectivity index (χ3n) is 4.24. The first-order valence-electron chi connectivity index (χ1n) is 9.38. The SMILES string of the molecule is CCCOc1ccc(CC(=O)NCCc2ccc(OC)c(OC)c2)cc1OC. The summed E-state index contributed by atoms with van der Waals surface area (Å²) in [5.74, 6) is 2.68. The molecule has 0 saturated heterocycles. The number of hydrogen-bond donors (Lipinski definition) is 1. The Labute approximate surface area is 166 Å². The van der Waals surface area contributed by atoms with Crippen molar-refractivity contribution in [1.82, 2.24) is 5.32 Å². The highest BCUT2D eigenvalue weighted by atomic mass is 16.5. The molecule has 0 radical (unpaired) electrons. The Morgan fingerprint density at radius 2 is 1.46 bits per heavy atom. The van der Waals surface area contributed by atoms with Crippen LogP contribution in [-0.2, 0) is 17.6 Å². The van der Waals surface area contributed by atoms with E-state index in [0.717, 1.165) is 17.5 Å². The Kier molecular flexibility index (Phi) is 8.46. The second-order valence-electron chi connectivity index (χ2n) is 6.30. The van der Waals surface area contributed by atoms with Crippen LogP contribution < -0.4 is 24.3 Å². The van der Waals surface area contributed by atoms with Gasteiger partial charge in [0.1, 0.15) is 0 Å². The summed E-state index contributed by atoms with van der Waals surface area (Å²) < 4.78 is 21.5. The van der Waals surface area contributed by atoms with Gasteiger partial charge in [-0.1, -0.05) is 19.1 Å². The molecule has 6 heteroatoms. The standard InChI is InChI=1S/C22H29NO5/c1-5-12-28-19-9-7-17(14-21(19)27-4)15-22(24)23-11-10-16-6-8-18(25-2)20(13-16)26-3/h6-9,13-14H,5,10-12,15H2,1-4H3,(H,23,24). The molecule has 1 N–H and O–H groups in total. The summed E-state index contributed by atoms with van der Waals surface area (Å²) in [4.78, 5) is 12.3. The molecule has 0 fully saturated rings. The molecule has 0 aromatic heterocycles. The topological polar surface area (TPSA) is 66.0 Å². The summed E-state index contributed by atoms with van der Waals surface area (Å²) >= 11 is 0. The summed E-state index contributed by atoms with van der Waals surface area (Å²) in [6, 6.07) is 11.3. The van der Waals surface area contributed by atoms with Crippen molar-refractivity contribution in [3.05, 3.63) is 47.5 Å². The Bertz CT molecular complexity index is 776. The second kappa shape index (κ2) is 11.1. The van der Waals surface area contributed by atoms with E-state index in [1.807, 2.05) is 43.3 Å². The highest BCUT2D eigenvalue weighted by Crippen LogP contribution is 2.29. The smallest absolute Gasteiger partial charge is 0.224 e. The predicted octanol–water partition coefficient (Wildman–Crippen LogP) is 3.40. The number of benzene rings is 2. The number of hydrogen-bond acceptors (Lipinski definition) is 5. The minimum Gasteiger partial charge on any atom is -0.493 e. The molecule has 0 aliphatic rings. The Morgan fingerprint density at radius 3 is 2.14 bits per heavy atom. The summed E-state index contributed by atoms with van der Waals surface area (Å²) in [6.07, 6.45) is 1.92. The van der Waals surface area contributed by atoms with Gasteiger partial charge >= 0.3 is 0 Å². The molecule has 2 aromatic carbocycles. The number of ether oxygens (including phenoxy) is 4. The fraction of sp³-hybridized carbons (Fsp3) is 0.409. The van der Waals surface area contributed by atoms with E-state index in [2.05, 4.69) is 5.32 Å². The lowest BCUT2D eigenvalue weighted by Crippen LogP contribution is -2.27. The highest BCUT2D eigenvalue weighted by molar-refractivity contribution is 5.78. The van der Waals surface area contributed by atoms with Crippen LogP contribution in [0.15, 0.2) is 36.4 Å². The van der Waals surface area contributed by atoms with Crippen molar-refractivity contribution in [2.75, 3.05) is 34.5 Å². The zero-order valence-electron chi connectivity index (χ0n) is 17.0. The van der Waals surface area contributed by atoms with E-state index in [1.165, 1.54) is 0 Å². The molecule has 0 heterocycles. The molecule has 28 heavy (non-hydrogen) atoms. The van der Waals surface area contributed by atoms with Crippen LogP contribution in [0.4, 0.5) is 0 Å². The molecule has 1 amide bonds. The normalized spacial score (nSPS) is 10.3. The maximum Gasteiger partial charge on any atom is 0.224 e. The van der Waals surface area contributed by atoms with Gasteiger partial charge in [-0.15, -0.1) is 0 Å². The van der Waals surface area contributed by atoms with E-state index in [0.29, 0.717) is 42.6 Å². The van der Waals surface area contributed by atoms with Crippen LogP contribution in [0.5, 0.6) is 23.0 Å². The largest absolute Gasteiger partial charge is 0.493 e. The van der Waals surface area contributed by atoms with Crippen molar-refractivity contribution in [2.24, 2.45) is 0 Å². The lowest BCUT2D eigenvalue weighted by molar-refractivity contribution is -0.120. The van der Waals surface area contributed by atoms with Gasteiger partial charge in [0.2, 0.25) is 5.91 Å². The summed E-state index contributed by atoms with van der Waals surface area (Å²) in [5, 5.41) is 2.95. The van der Waals surface area contributed by atoms with E-state index in [9.17, 15) is 4.79 Å². The molecule has 0 aliphatic carbocycles. The molecule has 0 spiro atoms. The minimum absolute atomic E-state index is 0.0373. The molecule has 2 aromatic rings. The first-order chi connectivity index (χ1) is 13.6. The minimum atomic E-state index is -0.0373. The van der Waals surface area contributed by atoms with Crippen LogP contribution in [0.1, 0.15) is 24.5 Å². The van der Waals surface area contributed by atoms with Crippen LogP contribution in [-0.4, -0.2) is 40.4 Å². The molecule has 152 valence electrons. The fourth-order valence-electron chi connectivity index (χ4n) is 2.78. The van der Waals surface area contributed by atoms with Crippen LogP contribution in [0.3, 0.4) is 0 Å². The molecule has 0 bridgehead atoms. The summed E-state index contributed by atoms with van der Waals surface area (Å²) in [7, 11) is 4.81. The lowest BCUT2D eigenvalue weighted by atomic mass is 10.1. The van der Waals surface area contributed by atoms with Gasteiger partial charge in [-0.2, -0.15) is 0 Å². The average molecular weight is 387 g/mol. The van der Waals surface area contributed by atoms with Crippen LogP contribution in [0, 0.1) is 0 Å². The average Bonchev–Trinajstić information content (AvgIpc) is 2.72. The summed E-state index contributed by atoms with van der Waals surface area (Å²) in [6.45, 7) is 3.22. The maximum atomic E-state index is 12.3. The van der Waals surface area contributed by atoms with Crippen molar-refractivity contribution in [2.45, 2.75) is 26.2 Å². The van der Waals surface area contributed by atoms with Crippen molar-refractivity contribution in [1.29, 1.82) is 0 Å². The molecule has 0 atom stereocenters. The van der Waals surface area contributed by atoms with Gasteiger partial charge in [-0.3, -0.25) is 4.79 Å². The van der Waals surface area contributed by atoms with Crippen molar-refractivity contribution < 1.29 is 23.7 Å². The molecular weight excluding hydrogens is 358 g/mol. The van der Waals surface area contributed by atoms with Crippen molar-refractivity contribution in [3.63, 3.8) is 0 Å². The molecule has 6 nitrogen and oxygen atoms in total. The first-order valence-corrected chi connectivity index (χ1v) is 9.38. The second-order valence-corrected chi connectivity index (χ2v) is 6.30. The zero-order valence-corrected chi connectivity index (χ0v) is 17.0. The molecule has 0 unspecified atom stereocenters. The molecular formula is C22H29NO5. The number of amides is 1. The monoisotopic (exact) mass is 387 g/mol. The van der Waals surface area contributed by atoms with Gasteiger partial charge in [-0.25, -0.2) is 0 Å². The quantitative estimate of drug-likeness (QED) is 0.640. The van der Waals surface area contributed by atoms with Gasteiger partial charge in [0, 0.05) is 6.54 Å². The number of carbonyl (C=O) groups excluding carboxylic acids is 1. The Balaban J connectivity index is 1.87. The van der Waals surface area contributed by atoms with E-state index in [-0.39, 0.29) is 12.3 Å². The lowest BCUT2D eigenvalue weighted by Gasteiger charge is -2.12. The number of nitrogens with one attached hydrogen (secondary N) is 1. The van der Waals surface area contributed by atoms with E-state index in [1.54, 1.807) is 21.3 Å². The van der Waals surface area contributed by atoms with Gasteiger partial charge in [0.15, 0.2) is 23.0 Å². The fourth-order valence-corrected chi connectivity index (χ4v) is 2.78. The van der Waals surface area contributed by atoms with Crippen LogP contribution in [0.2, 0.25) is 0 Å². The predicted molar refractivity (Wildman–Crippen MR) is 109 cm³/mol.